The van der Waals surface area contributed by atoms with Crippen molar-refractivity contribution in [3.63, 3.8) is 0 Å². The summed E-state index contributed by atoms with van der Waals surface area (Å²) in [4.78, 5) is 1.03. The molecule has 2 rings (SSSR count). The first-order valence-electron chi connectivity index (χ1n) is 6.35. The lowest BCUT2D eigenvalue weighted by molar-refractivity contribution is 0.0859. The highest BCUT2D eigenvalue weighted by atomic mass is 32.1. The zero-order chi connectivity index (χ0) is 12.1. The highest BCUT2D eigenvalue weighted by Crippen LogP contribution is 2.23. The van der Waals surface area contributed by atoms with E-state index in [9.17, 15) is 5.11 Å². The Hall–Kier alpha value is -0.420. The van der Waals surface area contributed by atoms with Crippen LogP contribution in [-0.4, -0.2) is 30.9 Å². The molecule has 3 nitrogen and oxygen atoms in total. The minimum Gasteiger partial charge on any atom is -0.386 e. The van der Waals surface area contributed by atoms with Gasteiger partial charge in [0.05, 0.1) is 6.10 Å². The largest absolute Gasteiger partial charge is 0.386 e. The van der Waals surface area contributed by atoms with Gasteiger partial charge in [-0.25, -0.2) is 0 Å². The predicted octanol–water partition coefficient (Wildman–Crippen LogP) is 2.19. The number of hydrogen-bond acceptors (Lipinski definition) is 4. The number of nitrogens with one attached hydrogen (secondary N) is 1. The van der Waals surface area contributed by atoms with E-state index in [4.69, 9.17) is 4.74 Å². The number of ether oxygens (including phenoxy) is 1. The van der Waals surface area contributed by atoms with Crippen molar-refractivity contribution >= 4 is 11.3 Å². The second-order valence-corrected chi connectivity index (χ2v) is 5.53. The Morgan fingerprint density at radius 3 is 3.24 bits per heavy atom. The third kappa shape index (κ3) is 3.52. The average Bonchev–Trinajstić information content (AvgIpc) is 2.99. The van der Waals surface area contributed by atoms with E-state index in [1.165, 1.54) is 0 Å². The monoisotopic (exact) mass is 255 g/mol. The molecule has 2 N–H and O–H groups in total. The average molecular weight is 255 g/mol. The normalized spacial score (nSPS) is 26.2. The van der Waals surface area contributed by atoms with Crippen LogP contribution in [0.2, 0.25) is 0 Å². The lowest BCUT2D eigenvalue weighted by Crippen LogP contribution is -2.31. The molecule has 4 heteroatoms. The molecule has 3 unspecified atom stereocenters. The minimum absolute atomic E-state index is 0.377. The molecule has 3 atom stereocenters. The van der Waals surface area contributed by atoms with Crippen molar-refractivity contribution in [2.24, 2.45) is 5.92 Å². The molecule has 0 saturated carbocycles. The molecule has 0 aromatic carbocycles. The first-order valence-corrected chi connectivity index (χ1v) is 7.23. The van der Waals surface area contributed by atoms with Crippen molar-refractivity contribution in [3.8, 4) is 0 Å². The molecule has 1 aromatic rings. The van der Waals surface area contributed by atoms with Crippen molar-refractivity contribution in [2.75, 3.05) is 19.7 Å². The Kier molecular flexibility index (Phi) is 4.98. The summed E-state index contributed by atoms with van der Waals surface area (Å²) in [5.41, 5.74) is 0. The maximum absolute atomic E-state index is 9.92. The zero-order valence-corrected chi connectivity index (χ0v) is 11.1. The third-order valence-corrected chi connectivity index (χ3v) is 4.34. The van der Waals surface area contributed by atoms with E-state index >= 15 is 0 Å². The smallest absolute Gasteiger partial charge is 0.101 e. The van der Waals surface area contributed by atoms with Crippen molar-refractivity contribution in [1.29, 1.82) is 0 Å². The van der Waals surface area contributed by atoms with Crippen molar-refractivity contribution in [1.82, 2.24) is 5.32 Å². The van der Waals surface area contributed by atoms with E-state index in [1.54, 1.807) is 11.3 Å². The van der Waals surface area contributed by atoms with Crippen LogP contribution in [0.4, 0.5) is 0 Å². The standard InChI is InChI=1S/C13H21NO2S/c1-2-12-10(5-6-16-12)8-14-9-11(15)13-4-3-7-17-13/h3-4,7,10-12,14-15H,2,5-6,8-9H2,1H3. The van der Waals surface area contributed by atoms with E-state index in [2.05, 4.69) is 12.2 Å². The van der Waals surface area contributed by atoms with Crippen LogP contribution in [0, 0.1) is 5.92 Å². The first-order chi connectivity index (χ1) is 8.31. The van der Waals surface area contributed by atoms with E-state index in [-0.39, 0.29) is 6.10 Å². The van der Waals surface area contributed by atoms with Crippen molar-refractivity contribution in [2.45, 2.75) is 32.0 Å². The Morgan fingerprint density at radius 2 is 2.53 bits per heavy atom. The van der Waals surface area contributed by atoms with Crippen LogP contribution < -0.4 is 5.32 Å². The molecule has 0 amide bonds. The molecule has 1 fully saturated rings. The van der Waals surface area contributed by atoms with Crippen molar-refractivity contribution < 1.29 is 9.84 Å². The maximum Gasteiger partial charge on any atom is 0.101 e. The summed E-state index contributed by atoms with van der Waals surface area (Å²) in [7, 11) is 0. The van der Waals surface area contributed by atoms with Gasteiger partial charge in [-0.2, -0.15) is 0 Å². The topological polar surface area (TPSA) is 41.5 Å². The Labute approximate surface area is 107 Å². The summed E-state index contributed by atoms with van der Waals surface area (Å²) in [6, 6.07) is 3.95. The van der Waals surface area contributed by atoms with E-state index < -0.39 is 0 Å². The van der Waals surface area contributed by atoms with Gasteiger partial charge in [0, 0.05) is 24.6 Å². The van der Waals surface area contributed by atoms with E-state index in [0.717, 1.165) is 30.9 Å². The Morgan fingerprint density at radius 1 is 1.65 bits per heavy atom. The first kappa shape index (κ1) is 13.0. The van der Waals surface area contributed by atoms with Gasteiger partial charge >= 0.3 is 0 Å². The fraction of sp³-hybridized carbons (Fsp3) is 0.692. The van der Waals surface area contributed by atoms with Crippen LogP contribution >= 0.6 is 11.3 Å². The molecule has 0 bridgehead atoms. The summed E-state index contributed by atoms with van der Waals surface area (Å²) in [5, 5.41) is 15.3. The van der Waals surface area contributed by atoms with Crippen LogP contribution in [-0.2, 0) is 4.74 Å². The third-order valence-electron chi connectivity index (χ3n) is 3.36. The summed E-state index contributed by atoms with van der Waals surface area (Å²) in [6.07, 6.45) is 2.25. The van der Waals surface area contributed by atoms with Gasteiger partial charge < -0.3 is 15.2 Å². The Bertz CT molecular complexity index is 315. The summed E-state index contributed by atoms with van der Waals surface area (Å²) in [6.45, 7) is 4.64. The highest BCUT2D eigenvalue weighted by molar-refractivity contribution is 7.10. The SMILES string of the molecule is CCC1OCCC1CNCC(O)c1cccs1. The molecule has 1 saturated heterocycles. The number of rotatable bonds is 6. The highest BCUT2D eigenvalue weighted by Gasteiger charge is 2.26. The molecule has 1 aliphatic rings. The van der Waals surface area contributed by atoms with Gasteiger partial charge in [-0.3, -0.25) is 0 Å². The molecule has 0 aliphatic carbocycles. The van der Waals surface area contributed by atoms with Crippen LogP contribution in [0.1, 0.15) is 30.7 Å². The van der Waals surface area contributed by atoms with Crippen molar-refractivity contribution in [3.05, 3.63) is 22.4 Å². The predicted molar refractivity (Wildman–Crippen MR) is 70.3 cm³/mol. The van der Waals surface area contributed by atoms with Crippen LogP contribution in [0.15, 0.2) is 17.5 Å². The molecular formula is C13H21NO2S. The van der Waals surface area contributed by atoms with Gasteiger partial charge in [-0.15, -0.1) is 11.3 Å². The molecule has 2 heterocycles. The molecule has 0 spiro atoms. The molecule has 1 aromatic heterocycles. The second-order valence-electron chi connectivity index (χ2n) is 4.56. The molecular weight excluding hydrogens is 234 g/mol. The number of aliphatic hydroxyl groups excluding tert-OH is 1. The second kappa shape index (κ2) is 6.50. The van der Waals surface area contributed by atoms with E-state index in [1.807, 2.05) is 17.5 Å². The van der Waals surface area contributed by atoms with Crippen LogP contribution in [0.25, 0.3) is 0 Å². The van der Waals surface area contributed by atoms with Crippen LogP contribution in [0.5, 0.6) is 0 Å². The van der Waals surface area contributed by atoms with Gasteiger partial charge in [-0.05, 0) is 30.2 Å². The summed E-state index contributed by atoms with van der Waals surface area (Å²) in [5.74, 6) is 0.607. The fourth-order valence-electron chi connectivity index (χ4n) is 2.36. The lowest BCUT2D eigenvalue weighted by atomic mass is 10.00. The summed E-state index contributed by atoms with van der Waals surface area (Å²) >= 11 is 1.60. The van der Waals surface area contributed by atoms with Gasteiger partial charge in [0.2, 0.25) is 0 Å². The quantitative estimate of drug-likeness (QED) is 0.818. The molecule has 96 valence electrons. The van der Waals surface area contributed by atoms with Gasteiger partial charge in [-0.1, -0.05) is 13.0 Å². The number of aliphatic hydroxyl groups is 1. The summed E-state index contributed by atoms with van der Waals surface area (Å²) < 4.78 is 5.64. The maximum atomic E-state index is 9.92. The van der Waals surface area contributed by atoms with Gasteiger partial charge in [0.15, 0.2) is 0 Å². The molecule has 0 radical (unpaired) electrons. The molecule has 1 aliphatic heterocycles. The van der Waals surface area contributed by atoms with E-state index in [0.29, 0.717) is 18.6 Å². The van der Waals surface area contributed by atoms with Gasteiger partial charge in [0.25, 0.3) is 0 Å². The fourth-order valence-corrected chi connectivity index (χ4v) is 3.08. The van der Waals surface area contributed by atoms with Crippen LogP contribution in [0.3, 0.4) is 0 Å². The number of hydrogen-bond donors (Lipinski definition) is 2. The van der Waals surface area contributed by atoms with Gasteiger partial charge in [0.1, 0.15) is 6.10 Å². The Balaban J connectivity index is 1.69. The zero-order valence-electron chi connectivity index (χ0n) is 10.3. The number of thiophene rings is 1. The molecule has 17 heavy (non-hydrogen) atoms. The lowest BCUT2D eigenvalue weighted by Gasteiger charge is -2.18. The minimum atomic E-state index is -0.377.